The summed E-state index contributed by atoms with van der Waals surface area (Å²) in [5.74, 6) is -0.488. The van der Waals surface area contributed by atoms with Gasteiger partial charge in [-0.15, -0.1) is 5.10 Å². The van der Waals surface area contributed by atoms with E-state index in [-0.39, 0.29) is 0 Å². The van der Waals surface area contributed by atoms with Crippen LogP contribution in [0.25, 0.3) is 22.4 Å². The van der Waals surface area contributed by atoms with Gasteiger partial charge in [0.25, 0.3) is 5.56 Å². The number of pyridine rings is 2. The Morgan fingerprint density at radius 2 is 1.88 bits per heavy atom. The maximum atomic E-state index is 13.3. The van der Waals surface area contributed by atoms with Crippen molar-refractivity contribution in [2.24, 2.45) is 0 Å². The van der Waals surface area contributed by atoms with Crippen LogP contribution >= 0.6 is 12.8 Å². The van der Waals surface area contributed by atoms with Gasteiger partial charge in [0, 0.05) is 17.6 Å². The molecule has 4 heterocycles. The average Bonchev–Trinajstić information content (AvgIpc) is 3.03. The smallest absolute Gasteiger partial charge is 0.266 e. The van der Waals surface area contributed by atoms with Gasteiger partial charge in [-0.3, -0.25) is 9.78 Å². The summed E-state index contributed by atoms with van der Waals surface area (Å²) in [6.45, 7) is 0. The fraction of sp³-hybridized carbons (Fsp3) is 0. The van der Waals surface area contributed by atoms with E-state index in [2.05, 4.69) is 33.0 Å². The lowest BCUT2D eigenvalue weighted by molar-refractivity contribution is 0.618. The third-order valence-corrected chi connectivity index (χ3v) is 3.77. The molecule has 0 spiro atoms. The number of nitrogens with zero attached hydrogens (tertiary/aromatic N) is 7. The standard InChI is InChI=1S/C14H8FN7O2S/c15-9-2-10(4-16-3-9)20-7-8-1-11(5-17-13(8)19-20)21-14(24)22(25)12(23)6-18-21/h1-7,25H. The summed E-state index contributed by atoms with van der Waals surface area (Å²) < 4.78 is 16.4. The van der Waals surface area contributed by atoms with Crippen molar-refractivity contribution in [2.75, 3.05) is 0 Å². The van der Waals surface area contributed by atoms with Crippen molar-refractivity contribution in [3.63, 3.8) is 0 Å². The normalized spacial score (nSPS) is 11.1. The Labute approximate surface area is 143 Å². The van der Waals surface area contributed by atoms with Crippen LogP contribution in [-0.2, 0) is 0 Å². The highest BCUT2D eigenvalue weighted by molar-refractivity contribution is 7.78. The molecule has 0 atom stereocenters. The minimum Gasteiger partial charge on any atom is -0.266 e. The van der Waals surface area contributed by atoms with E-state index in [0.717, 1.165) is 17.1 Å². The summed E-state index contributed by atoms with van der Waals surface area (Å²) in [5, 5.41) is 8.61. The van der Waals surface area contributed by atoms with Crippen LogP contribution in [0.1, 0.15) is 0 Å². The average molecular weight is 357 g/mol. The van der Waals surface area contributed by atoms with Gasteiger partial charge >= 0.3 is 5.69 Å². The Morgan fingerprint density at radius 3 is 2.68 bits per heavy atom. The van der Waals surface area contributed by atoms with Gasteiger partial charge in [0.1, 0.15) is 12.0 Å². The fourth-order valence-electron chi connectivity index (χ4n) is 2.25. The van der Waals surface area contributed by atoms with Gasteiger partial charge in [-0.05, 0) is 6.07 Å². The van der Waals surface area contributed by atoms with Gasteiger partial charge in [0.2, 0.25) is 0 Å². The Hall–Kier alpha value is -3.34. The molecule has 0 aliphatic heterocycles. The summed E-state index contributed by atoms with van der Waals surface area (Å²) in [7, 11) is 0. The monoisotopic (exact) mass is 357 g/mol. The van der Waals surface area contributed by atoms with E-state index in [9.17, 15) is 14.0 Å². The van der Waals surface area contributed by atoms with Gasteiger partial charge in [-0.25, -0.2) is 22.8 Å². The van der Waals surface area contributed by atoms with Gasteiger partial charge in [-0.2, -0.15) is 9.78 Å². The van der Waals surface area contributed by atoms with Crippen molar-refractivity contribution in [1.82, 2.24) is 33.5 Å². The zero-order valence-corrected chi connectivity index (χ0v) is 13.2. The van der Waals surface area contributed by atoms with Crippen LogP contribution in [-0.4, -0.2) is 33.5 Å². The lowest BCUT2D eigenvalue weighted by atomic mass is 10.3. The zero-order valence-electron chi connectivity index (χ0n) is 12.3. The fourth-order valence-corrected chi connectivity index (χ4v) is 2.39. The second-order valence-corrected chi connectivity index (χ2v) is 5.43. The van der Waals surface area contributed by atoms with Gasteiger partial charge in [0.05, 0.1) is 30.0 Å². The molecule has 4 aromatic heterocycles. The quantitative estimate of drug-likeness (QED) is 0.520. The summed E-state index contributed by atoms with van der Waals surface area (Å²) in [4.78, 5) is 31.4. The van der Waals surface area contributed by atoms with Crippen molar-refractivity contribution in [1.29, 1.82) is 0 Å². The first-order valence-electron chi connectivity index (χ1n) is 6.90. The van der Waals surface area contributed by atoms with Crippen molar-refractivity contribution < 1.29 is 4.39 Å². The predicted octanol–water partition coefficient (Wildman–Crippen LogP) is 0.355. The number of hydrogen-bond acceptors (Lipinski definition) is 7. The molecule has 0 amide bonds. The number of rotatable bonds is 2. The molecule has 4 rings (SSSR count). The summed E-state index contributed by atoms with van der Waals surface area (Å²) in [5.41, 5.74) is -0.208. The highest BCUT2D eigenvalue weighted by Gasteiger charge is 2.10. The molecule has 0 radical (unpaired) electrons. The van der Waals surface area contributed by atoms with Crippen LogP contribution in [0.5, 0.6) is 0 Å². The summed E-state index contributed by atoms with van der Waals surface area (Å²) in [6, 6.07) is 2.90. The van der Waals surface area contributed by atoms with Crippen LogP contribution in [0.15, 0.2) is 52.7 Å². The van der Waals surface area contributed by atoms with Crippen LogP contribution in [0.4, 0.5) is 4.39 Å². The number of aromatic nitrogens is 7. The van der Waals surface area contributed by atoms with E-state index in [1.165, 1.54) is 23.1 Å². The second-order valence-electron chi connectivity index (χ2n) is 5.03. The summed E-state index contributed by atoms with van der Waals surface area (Å²) >= 11 is 3.82. The molecule has 0 aliphatic rings. The Kier molecular flexibility index (Phi) is 3.42. The van der Waals surface area contributed by atoms with Crippen LogP contribution < -0.4 is 11.2 Å². The molecule has 4 aromatic rings. The first-order chi connectivity index (χ1) is 12.0. The molecular weight excluding hydrogens is 349 g/mol. The number of hydrogen-bond donors (Lipinski definition) is 1. The van der Waals surface area contributed by atoms with Gasteiger partial charge < -0.3 is 0 Å². The molecule has 0 saturated carbocycles. The third-order valence-electron chi connectivity index (χ3n) is 3.40. The highest BCUT2D eigenvalue weighted by atomic mass is 32.1. The van der Waals surface area contributed by atoms with E-state index in [1.54, 1.807) is 12.3 Å². The largest absolute Gasteiger partial charge is 0.362 e. The summed E-state index contributed by atoms with van der Waals surface area (Å²) in [6.07, 6.45) is 6.52. The number of halogens is 1. The molecule has 0 unspecified atom stereocenters. The van der Waals surface area contributed by atoms with E-state index in [1.807, 2.05) is 0 Å². The molecular formula is C14H8FN7O2S. The van der Waals surface area contributed by atoms with Crippen molar-refractivity contribution in [3.8, 4) is 11.4 Å². The Bertz CT molecular complexity index is 1230. The topological polar surface area (TPSA) is 100 Å². The van der Waals surface area contributed by atoms with Crippen molar-refractivity contribution in [2.45, 2.75) is 0 Å². The third kappa shape index (κ3) is 2.59. The minimum absolute atomic E-state index is 0.331. The lowest BCUT2D eigenvalue weighted by Gasteiger charge is -2.03. The lowest BCUT2D eigenvalue weighted by Crippen LogP contribution is -2.35. The number of thiol groups is 1. The zero-order chi connectivity index (χ0) is 17.6. The van der Waals surface area contributed by atoms with Crippen molar-refractivity contribution in [3.05, 3.63) is 69.8 Å². The second kappa shape index (κ2) is 5.63. The molecule has 0 saturated heterocycles. The van der Waals surface area contributed by atoms with E-state index in [4.69, 9.17) is 0 Å². The molecule has 0 bridgehead atoms. The maximum absolute atomic E-state index is 13.3. The highest BCUT2D eigenvalue weighted by Crippen LogP contribution is 2.16. The number of fused-ring (bicyclic) bond motifs is 1. The Balaban J connectivity index is 1.85. The van der Waals surface area contributed by atoms with Crippen LogP contribution in [0.3, 0.4) is 0 Å². The van der Waals surface area contributed by atoms with E-state index >= 15 is 0 Å². The SMILES string of the molecule is O=c1cnn(-c2cnc3nn(-c4cncc(F)c4)cc3c2)c(=O)n1S. The van der Waals surface area contributed by atoms with E-state index in [0.29, 0.717) is 26.4 Å². The van der Waals surface area contributed by atoms with Gasteiger partial charge in [0.15, 0.2) is 5.65 Å². The maximum Gasteiger partial charge on any atom is 0.362 e. The first-order valence-corrected chi connectivity index (χ1v) is 7.30. The van der Waals surface area contributed by atoms with E-state index < -0.39 is 17.1 Å². The Morgan fingerprint density at radius 1 is 1.04 bits per heavy atom. The molecule has 0 aliphatic carbocycles. The van der Waals surface area contributed by atoms with Crippen LogP contribution in [0, 0.1) is 5.82 Å². The minimum atomic E-state index is -0.723. The molecule has 0 N–H and O–H groups in total. The first kappa shape index (κ1) is 15.2. The van der Waals surface area contributed by atoms with Gasteiger partial charge in [-0.1, -0.05) is 12.8 Å². The molecule has 25 heavy (non-hydrogen) atoms. The molecule has 124 valence electrons. The van der Waals surface area contributed by atoms with Crippen molar-refractivity contribution >= 4 is 23.8 Å². The van der Waals surface area contributed by atoms with Crippen LogP contribution in [0.2, 0.25) is 0 Å². The molecule has 9 nitrogen and oxygen atoms in total. The predicted molar refractivity (Wildman–Crippen MR) is 88.7 cm³/mol. The molecule has 11 heteroatoms. The molecule has 0 fully saturated rings. The molecule has 0 aromatic carbocycles.